The normalized spacial score (nSPS) is 18.3. The summed E-state index contributed by atoms with van der Waals surface area (Å²) in [5, 5.41) is 8.04. The highest BCUT2D eigenvalue weighted by Crippen LogP contribution is 2.31. The molecule has 0 fully saturated rings. The van der Waals surface area contributed by atoms with Crippen LogP contribution in [0.4, 0.5) is 0 Å². The number of hydrogen-bond acceptors (Lipinski definition) is 2. The lowest BCUT2D eigenvalue weighted by molar-refractivity contribution is 0.530. The van der Waals surface area contributed by atoms with E-state index in [1.54, 1.807) is 11.3 Å². The quantitative estimate of drug-likeness (QED) is 0.864. The zero-order valence-electron chi connectivity index (χ0n) is 10.1. The molecule has 0 saturated heterocycles. The summed E-state index contributed by atoms with van der Waals surface area (Å²) >= 11 is 1.77. The fourth-order valence-electron chi connectivity index (χ4n) is 2.57. The van der Waals surface area contributed by atoms with Crippen LogP contribution in [0.2, 0.25) is 0 Å². The first-order valence-electron chi connectivity index (χ1n) is 6.17. The van der Waals surface area contributed by atoms with E-state index in [0.29, 0.717) is 6.04 Å². The van der Waals surface area contributed by atoms with Crippen LogP contribution in [-0.4, -0.2) is 0 Å². The first-order valence-corrected chi connectivity index (χ1v) is 7.11. The van der Waals surface area contributed by atoms with Crippen LogP contribution < -0.4 is 5.32 Å². The molecule has 17 heavy (non-hydrogen) atoms. The van der Waals surface area contributed by atoms with E-state index in [-0.39, 0.29) is 0 Å². The van der Waals surface area contributed by atoms with Crippen LogP contribution in [0.3, 0.4) is 0 Å². The number of benzene rings is 1. The average molecular weight is 243 g/mol. The molecule has 0 aliphatic heterocycles. The van der Waals surface area contributed by atoms with Crippen molar-refractivity contribution < 1.29 is 0 Å². The monoisotopic (exact) mass is 243 g/mol. The van der Waals surface area contributed by atoms with Gasteiger partial charge in [0.05, 0.1) is 0 Å². The molecule has 1 heterocycles. The van der Waals surface area contributed by atoms with E-state index >= 15 is 0 Å². The Morgan fingerprint density at radius 3 is 3.12 bits per heavy atom. The summed E-state index contributed by atoms with van der Waals surface area (Å²) in [5.74, 6) is 0. The number of hydrogen-bond donors (Lipinski definition) is 1. The molecule has 0 amide bonds. The lowest BCUT2D eigenvalue weighted by Gasteiger charge is -2.14. The van der Waals surface area contributed by atoms with Crippen LogP contribution in [0.1, 0.15) is 34.7 Å². The molecule has 88 valence electrons. The molecule has 1 aliphatic carbocycles. The van der Waals surface area contributed by atoms with E-state index in [1.165, 1.54) is 35.1 Å². The predicted octanol–water partition coefficient (Wildman–Crippen LogP) is 3.83. The number of nitrogens with one attached hydrogen (secondary N) is 1. The van der Waals surface area contributed by atoms with Crippen LogP contribution in [0, 0.1) is 6.92 Å². The molecule has 0 bridgehead atoms. The van der Waals surface area contributed by atoms with E-state index in [0.717, 1.165) is 6.54 Å². The first-order chi connectivity index (χ1) is 8.33. The number of aryl methyl sites for hydroxylation is 2. The highest BCUT2D eigenvalue weighted by atomic mass is 32.1. The third-order valence-corrected chi connectivity index (χ3v) is 4.24. The maximum atomic E-state index is 3.67. The van der Waals surface area contributed by atoms with E-state index in [9.17, 15) is 0 Å². The van der Waals surface area contributed by atoms with Crippen LogP contribution in [0.25, 0.3) is 0 Å². The smallest absolute Gasteiger partial charge is 0.0329 e. The SMILES string of the molecule is Cc1ccc2c(c1)C(NCc1ccsc1)CC2. The molecule has 0 spiro atoms. The Hall–Kier alpha value is -1.12. The Morgan fingerprint density at radius 1 is 1.35 bits per heavy atom. The summed E-state index contributed by atoms with van der Waals surface area (Å²) in [5.41, 5.74) is 5.81. The van der Waals surface area contributed by atoms with Crippen LogP contribution >= 0.6 is 11.3 Å². The van der Waals surface area contributed by atoms with Gasteiger partial charge in [0, 0.05) is 12.6 Å². The van der Waals surface area contributed by atoms with Gasteiger partial charge in [0.2, 0.25) is 0 Å². The molecule has 0 saturated carbocycles. The number of thiophene rings is 1. The van der Waals surface area contributed by atoms with E-state index in [2.05, 4.69) is 47.3 Å². The lowest BCUT2D eigenvalue weighted by Crippen LogP contribution is -2.18. The summed E-state index contributed by atoms with van der Waals surface area (Å²) in [7, 11) is 0. The number of fused-ring (bicyclic) bond motifs is 1. The Morgan fingerprint density at radius 2 is 2.29 bits per heavy atom. The Kier molecular flexibility index (Phi) is 3.00. The van der Waals surface area contributed by atoms with Crippen molar-refractivity contribution in [1.29, 1.82) is 0 Å². The van der Waals surface area contributed by atoms with Crippen molar-refractivity contribution in [1.82, 2.24) is 5.32 Å². The van der Waals surface area contributed by atoms with Gasteiger partial charge in [-0.05, 0) is 53.3 Å². The third kappa shape index (κ3) is 2.28. The fourth-order valence-corrected chi connectivity index (χ4v) is 3.24. The molecule has 1 N–H and O–H groups in total. The fraction of sp³-hybridized carbons (Fsp3) is 0.333. The largest absolute Gasteiger partial charge is 0.306 e. The summed E-state index contributed by atoms with van der Waals surface area (Å²) in [4.78, 5) is 0. The molecule has 0 radical (unpaired) electrons. The van der Waals surface area contributed by atoms with Crippen molar-refractivity contribution in [2.24, 2.45) is 0 Å². The number of rotatable bonds is 3. The Balaban J connectivity index is 1.73. The molecule has 2 aromatic rings. The van der Waals surface area contributed by atoms with Crippen molar-refractivity contribution in [2.75, 3.05) is 0 Å². The second-order valence-corrected chi connectivity index (χ2v) is 5.59. The van der Waals surface area contributed by atoms with Crippen LogP contribution in [0.5, 0.6) is 0 Å². The molecular weight excluding hydrogens is 226 g/mol. The van der Waals surface area contributed by atoms with Gasteiger partial charge >= 0.3 is 0 Å². The molecule has 1 unspecified atom stereocenters. The van der Waals surface area contributed by atoms with Gasteiger partial charge < -0.3 is 5.32 Å². The summed E-state index contributed by atoms with van der Waals surface area (Å²) < 4.78 is 0. The van der Waals surface area contributed by atoms with Gasteiger partial charge in [-0.2, -0.15) is 11.3 Å². The van der Waals surface area contributed by atoms with E-state index in [4.69, 9.17) is 0 Å². The second kappa shape index (κ2) is 4.63. The van der Waals surface area contributed by atoms with Gasteiger partial charge in [-0.3, -0.25) is 0 Å². The topological polar surface area (TPSA) is 12.0 Å². The highest BCUT2D eigenvalue weighted by Gasteiger charge is 2.21. The summed E-state index contributed by atoms with van der Waals surface area (Å²) in [6, 6.07) is 9.60. The van der Waals surface area contributed by atoms with Gasteiger partial charge in [0.25, 0.3) is 0 Å². The van der Waals surface area contributed by atoms with Gasteiger partial charge in [-0.15, -0.1) is 0 Å². The molecule has 1 atom stereocenters. The van der Waals surface area contributed by atoms with Crippen LogP contribution in [0.15, 0.2) is 35.0 Å². The van der Waals surface area contributed by atoms with Crippen molar-refractivity contribution in [2.45, 2.75) is 32.4 Å². The molecule has 1 aromatic carbocycles. The lowest BCUT2D eigenvalue weighted by atomic mass is 10.0. The van der Waals surface area contributed by atoms with Gasteiger partial charge in [-0.25, -0.2) is 0 Å². The Bertz CT molecular complexity index is 502. The van der Waals surface area contributed by atoms with E-state index < -0.39 is 0 Å². The first kappa shape index (κ1) is 11.0. The Labute approximate surface area is 106 Å². The standard InChI is InChI=1S/C15H17NS/c1-11-2-3-13-4-5-15(14(13)8-11)16-9-12-6-7-17-10-12/h2-3,6-8,10,15-16H,4-5,9H2,1H3. The molecule has 3 rings (SSSR count). The third-order valence-electron chi connectivity index (χ3n) is 3.51. The minimum atomic E-state index is 0.546. The van der Waals surface area contributed by atoms with Crippen molar-refractivity contribution in [3.8, 4) is 0 Å². The predicted molar refractivity (Wildman–Crippen MR) is 73.4 cm³/mol. The molecule has 1 nitrogen and oxygen atoms in total. The molecular formula is C15H17NS. The minimum absolute atomic E-state index is 0.546. The van der Waals surface area contributed by atoms with Gasteiger partial charge in [-0.1, -0.05) is 23.8 Å². The maximum Gasteiger partial charge on any atom is 0.0329 e. The van der Waals surface area contributed by atoms with Gasteiger partial charge in [0.1, 0.15) is 0 Å². The maximum absolute atomic E-state index is 3.67. The zero-order valence-corrected chi connectivity index (χ0v) is 10.9. The summed E-state index contributed by atoms with van der Waals surface area (Å²) in [6.07, 6.45) is 2.46. The highest BCUT2D eigenvalue weighted by molar-refractivity contribution is 7.07. The molecule has 2 heteroatoms. The minimum Gasteiger partial charge on any atom is -0.306 e. The molecule has 1 aromatic heterocycles. The van der Waals surface area contributed by atoms with Gasteiger partial charge in [0.15, 0.2) is 0 Å². The van der Waals surface area contributed by atoms with Crippen molar-refractivity contribution in [3.05, 3.63) is 57.3 Å². The zero-order chi connectivity index (χ0) is 11.7. The summed E-state index contributed by atoms with van der Waals surface area (Å²) in [6.45, 7) is 3.16. The van der Waals surface area contributed by atoms with Crippen LogP contribution in [-0.2, 0) is 13.0 Å². The second-order valence-electron chi connectivity index (χ2n) is 4.81. The average Bonchev–Trinajstić information content (AvgIpc) is 2.94. The van der Waals surface area contributed by atoms with Crippen molar-refractivity contribution in [3.63, 3.8) is 0 Å². The van der Waals surface area contributed by atoms with Crippen molar-refractivity contribution >= 4 is 11.3 Å². The molecule has 1 aliphatic rings. The van der Waals surface area contributed by atoms with E-state index in [1.807, 2.05) is 0 Å².